The highest BCUT2D eigenvalue weighted by Crippen LogP contribution is 2.22. The first-order valence-electron chi connectivity index (χ1n) is 7.49. The smallest absolute Gasteiger partial charge is 0.0400 e. The Labute approximate surface area is 110 Å². The SMILES string of the molecule is C=C(C)C(CN1CCCCCCCC1)[SiH](C)C. The minimum absolute atomic E-state index is 0.593. The molecular weight excluding hydrogens is 222 g/mol. The molecule has 0 N–H and O–H groups in total. The van der Waals surface area contributed by atoms with Gasteiger partial charge in [0, 0.05) is 15.3 Å². The van der Waals surface area contributed by atoms with Crippen molar-refractivity contribution >= 4 is 8.80 Å². The zero-order valence-electron chi connectivity index (χ0n) is 12.2. The molecular formula is C15H31NSi. The van der Waals surface area contributed by atoms with Crippen molar-refractivity contribution in [2.24, 2.45) is 0 Å². The predicted molar refractivity (Wildman–Crippen MR) is 81.6 cm³/mol. The Kier molecular flexibility index (Phi) is 7.13. The van der Waals surface area contributed by atoms with E-state index in [9.17, 15) is 0 Å². The summed E-state index contributed by atoms with van der Waals surface area (Å²) in [6.45, 7) is 15.3. The summed E-state index contributed by atoms with van der Waals surface area (Å²) in [5.41, 5.74) is 2.24. The quantitative estimate of drug-likeness (QED) is 0.539. The molecule has 1 aliphatic heterocycles. The van der Waals surface area contributed by atoms with Crippen LogP contribution in [0.1, 0.15) is 45.4 Å². The molecule has 0 spiro atoms. The van der Waals surface area contributed by atoms with Crippen molar-refractivity contribution in [1.29, 1.82) is 0 Å². The van der Waals surface area contributed by atoms with Gasteiger partial charge in [-0.3, -0.25) is 0 Å². The number of rotatable bonds is 4. The van der Waals surface area contributed by atoms with E-state index in [1.165, 1.54) is 63.7 Å². The van der Waals surface area contributed by atoms with Crippen molar-refractivity contribution < 1.29 is 0 Å². The van der Waals surface area contributed by atoms with Gasteiger partial charge >= 0.3 is 0 Å². The molecule has 1 fully saturated rings. The Morgan fingerprint density at radius 1 is 1.06 bits per heavy atom. The third-order valence-corrected chi connectivity index (χ3v) is 6.48. The van der Waals surface area contributed by atoms with Crippen LogP contribution in [0, 0.1) is 0 Å². The Balaban J connectivity index is 2.47. The molecule has 0 saturated carbocycles. The lowest BCUT2D eigenvalue weighted by Gasteiger charge is -2.29. The molecule has 0 bridgehead atoms. The lowest BCUT2D eigenvalue weighted by atomic mass is 10.1. The van der Waals surface area contributed by atoms with Gasteiger partial charge in [-0.15, -0.1) is 6.58 Å². The summed E-state index contributed by atoms with van der Waals surface area (Å²) >= 11 is 0. The lowest BCUT2D eigenvalue weighted by molar-refractivity contribution is 0.271. The summed E-state index contributed by atoms with van der Waals surface area (Å²) < 4.78 is 0. The Bertz CT molecular complexity index is 215. The van der Waals surface area contributed by atoms with E-state index < -0.39 is 8.80 Å². The van der Waals surface area contributed by atoms with Crippen LogP contribution >= 0.6 is 0 Å². The second-order valence-corrected chi connectivity index (χ2v) is 9.41. The Hall–Kier alpha value is -0.0831. The van der Waals surface area contributed by atoms with Gasteiger partial charge in [-0.25, -0.2) is 0 Å². The molecule has 1 aliphatic rings. The van der Waals surface area contributed by atoms with Gasteiger partial charge in [0.25, 0.3) is 0 Å². The summed E-state index contributed by atoms with van der Waals surface area (Å²) in [7, 11) is -0.593. The van der Waals surface area contributed by atoms with Gasteiger partial charge in [0.15, 0.2) is 0 Å². The maximum Gasteiger partial charge on any atom is 0.0400 e. The van der Waals surface area contributed by atoms with Gasteiger partial charge in [-0.1, -0.05) is 44.4 Å². The van der Waals surface area contributed by atoms with Crippen molar-refractivity contribution in [3.8, 4) is 0 Å². The highest BCUT2D eigenvalue weighted by atomic mass is 28.3. The van der Waals surface area contributed by atoms with Crippen molar-refractivity contribution in [3.63, 3.8) is 0 Å². The zero-order valence-corrected chi connectivity index (χ0v) is 13.3. The van der Waals surface area contributed by atoms with Crippen LogP contribution in [-0.4, -0.2) is 33.3 Å². The second-order valence-electron chi connectivity index (χ2n) is 6.12. The third kappa shape index (κ3) is 5.87. The molecule has 0 amide bonds. The van der Waals surface area contributed by atoms with Crippen molar-refractivity contribution in [1.82, 2.24) is 4.90 Å². The highest BCUT2D eigenvalue weighted by molar-refractivity contribution is 6.58. The van der Waals surface area contributed by atoms with Gasteiger partial charge in [-0.2, -0.15) is 0 Å². The zero-order chi connectivity index (χ0) is 12.7. The van der Waals surface area contributed by atoms with Crippen molar-refractivity contribution in [2.75, 3.05) is 19.6 Å². The molecule has 1 unspecified atom stereocenters. The molecule has 2 heteroatoms. The molecule has 1 heterocycles. The van der Waals surface area contributed by atoms with Crippen LogP contribution < -0.4 is 0 Å². The minimum Gasteiger partial charge on any atom is -0.303 e. The van der Waals surface area contributed by atoms with Gasteiger partial charge in [0.1, 0.15) is 0 Å². The van der Waals surface area contributed by atoms with Gasteiger partial charge < -0.3 is 4.90 Å². The lowest BCUT2D eigenvalue weighted by Crippen LogP contribution is -2.33. The standard InChI is InChI=1S/C15H31NSi/c1-14(2)15(17(3)4)13-16-11-9-7-5-6-8-10-12-16/h15,17H,1,5-13H2,2-4H3. The summed E-state index contributed by atoms with van der Waals surface area (Å²) in [6, 6.07) is 0. The fourth-order valence-electron chi connectivity index (χ4n) is 2.89. The largest absolute Gasteiger partial charge is 0.303 e. The molecule has 1 atom stereocenters. The molecule has 1 nitrogen and oxygen atoms in total. The summed E-state index contributed by atoms with van der Waals surface area (Å²) in [5.74, 6) is 0. The van der Waals surface area contributed by atoms with Crippen molar-refractivity contribution in [3.05, 3.63) is 12.2 Å². The van der Waals surface area contributed by atoms with E-state index in [4.69, 9.17) is 0 Å². The van der Waals surface area contributed by atoms with E-state index in [0.717, 1.165) is 5.54 Å². The normalized spacial score (nSPS) is 21.6. The number of hydrogen-bond donors (Lipinski definition) is 0. The predicted octanol–water partition coefficient (Wildman–Crippen LogP) is 4.08. The van der Waals surface area contributed by atoms with Crippen LogP contribution in [0.15, 0.2) is 12.2 Å². The molecule has 0 aliphatic carbocycles. The minimum atomic E-state index is -0.593. The second kappa shape index (κ2) is 8.10. The molecule has 0 radical (unpaired) electrons. The molecule has 17 heavy (non-hydrogen) atoms. The highest BCUT2D eigenvalue weighted by Gasteiger charge is 2.19. The average Bonchev–Trinajstić information content (AvgIpc) is 2.38. The van der Waals surface area contributed by atoms with Gasteiger partial charge in [-0.05, 0) is 38.4 Å². The molecule has 0 aromatic heterocycles. The maximum atomic E-state index is 4.21. The topological polar surface area (TPSA) is 3.24 Å². The van der Waals surface area contributed by atoms with Crippen LogP contribution in [0.2, 0.25) is 18.6 Å². The third-order valence-electron chi connectivity index (χ3n) is 4.09. The monoisotopic (exact) mass is 253 g/mol. The Morgan fingerprint density at radius 2 is 1.53 bits per heavy atom. The molecule has 0 aromatic rings. The van der Waals surface area contributed by atoms with E-state index in [-0.39, 0.29) is 0 Å². The van der Waals surface area contributed by atoms with E-state index in [1.807, 2.05) is 0 Å². The first-order valence-corrected chi connectivity index (χ1v) is 10.5. The van der Waals surface area contributed by atoms with E-state index >= 15 is 0 Å². The summed E-state index contributed by atoms with van der Waals surface area (Å²) in [4.78, 5) is 2.72. The fraction of sp³-hybridized carbons (Fsp3) is 0.867. The maximum absolute atomic E-state index is 4.21. The van der Waals surface area contributed by atoms with Gasteiger partial charge in [0.05, 0.1) is 0 Å². The molecule has 100 valence electrons. The average molecular weight is 254 g/mol. The molecule has 1 saturated heterocycles. The summed E-state index contributed by atoms with van der Waals surface area (Å²) in [5, 5.41) is 0. The van der Waals surface area contributed by atoms with Crippen LogP contribution in [0.3, 0.4) is 0 Å². The van der Waals surface area contributed by atoms with Crippen molar-refractivity contribution in [2.45, 2.75) is 64.1 Å². The first kappa shape index (κ1) is 15.0. The Morgan fingerprint density at radius 3 is 1.94 bits per heavy atom. The molecule has 0 aromatic carbocycles. The first-order chi connectivity index (χ1) is 8.11. The van der Waals surface area contributed by atoms with E-state index in [1.54, 1.807) is 0 Å². The number of hydrogen-bond acceptors (Lipinski definition) is 1. The summed E-state index contributed by atoms with van der Waals surface area (Å²) in [6.07, 6.45) is 8.60. The van der Waals surface area contributed by atoms with Crippen LogP contribution in [-0.2, 0) is 0 Å². The van der Waals surface area contributed by atoms with E-state index in [0.29, 0.717) is 0 Å². The van der Waals surface area contributed by atoms with Crippen LogP contribution in [0.5, 0.6) is 0 Å². The van der Waals surface area contributed by atoms with Gasteiger partial charge in [0.2, 0.25) is 0 Å². The van der Waals surface area contributed by atoms with E-state index in [2.05, 4.69) is 31.5 Å². The van der Waals surface area contributed by atoms with Crippen LogP contribution in [0.4, 0.5) is 0 Å². The fourth-order valence-corrected chi connectivity index (χ4v) is 4.74. The number of nitrogens with zero attached hydrogens (tertiary/aromatic N) is 1. The van der Waals surface area contributed by atoms with Crippen LogP contribution in [0.25, 0.3) is 0 Å². The molecule has 1 rings (SSSR count).